The standard InChI is InChI=1S/C6H14N2.C6H11NO.C5H12N2.C5H9NO2.C5H11NO/c1-8-4-2-6(7)3-5-8;1-7-5-3-2-4-6(7)8;1-7-4-2-6-3-5-7;1-6-2-3-8-4-5(6)7;1-6-2-4-7-5-3-6/h6H,2-5,7H2,1H3;2-5H2,1H3;6H,2-5H2,1H3;2-4H2,1H3;2-5H2,1H3. The van der Waals surface area contributed by atoms with Gasteiger partial charge in [0.25, 0.3) is 0 Å². The normalized spacial score (nSPS) is 23.9. The highest BCUT2D eigenvalue weighted by molar-refractivity contribution is 5.77. The number of nitrogens with one attached hydrogen (secondary N) is 1. The van der Waals surface area contributed by atoms with E-state index in [1.165, 1.54) is 45.4 Å². The van der Waals surface area contributed by atoms with Gasteiger partial charge in [-0.1, -0.05) is 0 Å². The summed E-state index contributed by atoms with van der Waals surface area (Å²) in [6, 6.07) is 0.478. The molecule has 0 aromatic carbocycles. The van der Waals surface area contributed by atoms with Crippen LogP contribution in [0.15, 0.2) is 0 Å². The average molecular weight is 544 g/mol. The molecule has 5 heterocycles. The van der Waals surface area contributed by atoms with Gasteiger partial charge in [0.05, 0.1) is 19.8 Å². The fourth-order valence-corrected chi connectivity index (χ4v) is 4.00. The smallest absolute Gasteiger partial charge is 0.248 e. The fourth-order valence-electron chi connectivity index (χ4n) is 4.00. The van der Waals surface area contributed by atoms with E-state index < -0.39 is 0 Å². The molecule has 0 aliphatic carbocycles. The third-order valence-electron chi connectivity index (χ3n) is 7.12. The lowest BCUT2D eigenvalue weighted by Gasteiger charge is -2.25. The van der Waals surface area contributed by atoms with E-state index in [1.54, 1.807) is 16.8 Å². The van der Waals surface area contributed by atoms with Gasteiger partial charge in [-0.05, 0) is 59.9 Å². The zero-order valence-electron chi connectivity index (χ0n) is 25.0. The van der Waals surface area contributed by atoms with Crippen molar-refractivity contribution in [2.45, 2.75) is 38.1 Å². The molecular formula is C27H57N7O4. The van der Waals surface area contributed by atoms with E-state index in [0.29, 0.717) is 18.6 Å². The quantitative estimate of drug-likeness (QED) is 0.423. The molecule has 2 amide bonds. The van der Waals surface area contributed by atoms with Crippen molar-refractivity contribution in [2.75, 3.05) is 127 Å². The molecule has 0 bridgehead atoms. The number of nitrogens with zero attached hydrogens (tertiary/aromatic N) is 5. The molecule has 38 heavy (non-hydrogen) atoms. The van der Waals surface area contributed by atoms with Gasteiger partial charge in [0, 0.05) is 78.9 Å². The van der Waals surface area contributed by atoms with Crippen molar-refractivity contribution >= 4 is 11.8 Å². The third-order valence-corrected chi connectivity index (χ3v) is 7.12. The summed E-state index contributed by atoms with van der Waals surface area (Å²) in [6.07, 6.45) is 5.38. The topological polar surface area (TPSA) is 107 Å². The maximum Gasteiger partial charge on any atom is 0.248 e. The van der Waals surface area contributed by atoms with Crippen molar-refractivity contribution < 1.29 is 19.1 Å². The molecule has 5 fully saturated rings. The van der Waals surface area contributed by atoms with Crippen LogP contribution < -0.4 is 11.1 Å². The second-order valence-electron chi connectivity index (χ2n) is 10.7. The first-order valence-electron chi connectivity index (χ1n) is 14.3. The van der Waals surface area contributed by atoms with Gasteiger partial charge in [-0.3, -0.25) is 9.59 Å². The summed E-state index contributed by atoms with van der Waals surface area (Å²) >= 11 is 0. The number of morpholine rings is 2. The molecule has 0 aromatic heterocycles. The summed E-state index contributed by atoms with van der Waals surface area (Å²) in [6.45, 7) is 13.8. The molecule has 5 aliphatic rings. The molecule has 0 spiro atoms. The van der Waals surface area contributed by atoms with E-state index in [2.05, 4.69) is 41.2 Å². The Labute approximate surface area is 231 Å². The largest absolute Gasteiger partial charge is 0.379 e. The van der Waals surface area contributed by atoms with Crippen molar-refractivity contribution in [3.63, 3.8) is 0 Å². The van der Waals surface area contributed by atoms with Crippen molar-refractivity contribution in [3.8, 4) is 0 Å². The Balaban J connectivity index is 0.000000238. The lowest BCUT2D eigenvalue weighted by Crippen LogP contribution is -2.40. The zero-order chi connectivity index (χ0) is 28.2. The fraction of sp³-hybridized carbons (Fsp3) is 0.926. The van der Waals surface area contributed by atoms with Gasteiger partial charge in [0.2, 0.25) is 11.8 Å². The van der Waals surface area contributed by atoms with Crippen LogP contribution in [0.3, 0.4) is 0 Å². The van der Waals surface area contributed by atoms with E-state index in [4.69, 9.17) is 15.2 Å². The average Bonchev–Trinajstić information content (AvgIpc) is 2.92. The number of carbonyl (C=O) groups is 2. The summed E-state index contributed by atoms with van der Waals surface area (Å²) in [7, 11) is 10.1. The number of nitrogens with two attached hydrogens (primary N) is 1. The predicted octanol–water partition coefficient (Wildman–Crippen LogP) is -0.387. The van der Waals surface area contributed by atoms with E-state index in [9.17, 15) is 9.59 Å². The van der Waals surface area contributed by atoms with Crippen LogP contribution in [0.25, 0.3) is 0 Å². The number of likely N-dealkylation sites (N-methyl/N-ethyl adjacent to an activating group) is 3. The van der Waals surface area contributed by atoms with Crippen LogP contribution in [0.4, 0.5) is 0 Å². The maximum atomic E-state index is 10.7. The SMILES string of the molecule is CN1CCC(N)CC1.CN1CCCCC1=O.CN1CCNCC1.CN1CCOCC1.CN1CCOCC1=O. The van der Waals surface area contributed by atoms with Gasteiger partial charge in [-0.25, -0.2) is 0 Å². The van der Waals surface area contributed by atoms with Gasteiger partial charge in [-0.15, -0.1) is 0 Å². The molecule has 0 radical (unpaired) electrons. The number of ether oxygens (including phenoxy) is 2. The van der Waals surface area contributed by atoms with Crippen molar-refractivity contribution in [1.82, 2.24) is 29.8 Å². The Bertz CT molecular complexity index is 556. The van der Waals surface area contributed by atoms with Crippen LogP contribution in [-0.2, 0) is 19.1 Å². The molecule has 224 valence electrons. The van der Waals surface area contributed by atoms with E-state index in [0.717, 1.165) is 65.3 Å². The number of piperidine rings is 2. The Morgan fingerprint density at radius 1 is 0.658 bits per heavy atom. The lowest BCUT2D eigenvalue weighted by atomic mass is 10.1. The molecule has 5 aliphatic heterocycles. The number of hydrogen-bond acceptors (Lipinski definition) is 9. The monoisotopic (exact) mass is 543 g/mol. The number of likely N-dealkylation sites (tertiary alicyclic amines) is 2. The summed E-state index contributed by atoms with van der Waals surface area (Å²) < 4.78 is 9.96. The molecule has 11 nitrogen and oxygen atoms in total. The highest BCUT2D eigenvalue weighted by atomic mass is 16.5. The molecule has 0 aromatic rings. The van der Waals surface area contributed by atoms with E-state index in [-0.39, 0.29) is 12.5 Å². The Morgan fingerprint density at radius 3 is 1.53 bits per heavy atom. The highest BCUT2D eigenvalue weighted by Gasteiger charge is 2.13. The van der Waals surface area contributed by atoms with Crippen LogP contribution in [0.2, 0.25) is 0 Å². The van der Waals surface area contributed by atoms with E-state index >= 15 is 0 Å². The molecule has 0 atom stereocenters. The minimum atomic E-state index is 0.0799. The van der Waals surface area contributed by atoms with E-state index in [1.807, 2.05) is 7.05 Å². The first-order valence-corrected chi connectivity index (χ1v) is 14.3. The summed E-state index contributed by atoms with van der Waals surface area (Å²) in [5, 5.41) is 3.27. The molecule has 5 saturated heterocycles. The second-order valence-corrected chi connectivity index (χ2v) is 10.7. The van der Waals surface area contributed by atoms with Gasteiger partial charge in [0.1, 0.15) is 6.61 Å². The molecular weight excluding hydrogens is 486 g/mol. The number of carbonyl (C=O) groups excluding carboxylic acids is 2. The van der Waals surface area contributed by atoms with Gasteiger partial charge in [-0.2, -0.15) is 0 Å². The summed E-state index contributed by atoms with van der Waals surface area (Å²) in [5.41, 5.74) is 5.67. The minimum Gasteiger partial charge on any atom is -0.379 e. The van der Waals surface area contributed by atoms with Crippen molar-refractivity contribution in [3.05, 3.63) is 0 Å². The number of amides is 2. The van der Waals surface area contributed by atoms with Crippen molar-refractivity contribution in [2.24, 2.45) is 5.73 Å². The van der Waals surface area contributed by atoms with Gasteiger partial charge in [0.15, 0.2) is 0 Å². The zero-order valence-corrected chi connectivity index (χ0v) is 25.0. The lowest BCUT2D eigenvalue weighted by molar-refractivity contribution is -0.140. The van der Waals surface area contributed by atoms with Crippen LogP contribution >= 0.6 is 0 Å². The molecule has 3 N–H and O–H groups in total. The first kappa shape index (κ1) is 34.7. The van der Waals surface area contributed by atoms with Crippen LogP contribution in [0.1, 0.15) is 32.1 Å². The second kappa shape index (κ2) is 21.5. The Kier molecular flexibility index (Phi) is 19.6. The van der Waals surface area contributed by atoms with Crippen LogP contribution in [0.5, 0.6) is 0 Å². The Morgan fingerprint density at radius 2 is 1.18 bits per heavy atom. The first-order chi connectivity index (χ1) is 18.2. The van der Waals surface area contributed by atoms with Crippen LogP contribution in [0, 0.1) is 0 Å². The van der Waals surface area contributed by atoms with Crippen LogP contribution in [-0.4, -0.2) is 169 Å². The number of piperazine rings is 1. The predicted molar refractivity (Wildman–Crippen MR) is 153 cm³/mol. The minimum absolute atomic E-state index is 0.0799. The molecule has 5 rings (SSSR count). The number of rotatable bonds is 0. The van der Waals surface area contributed by atoms with Crippen molar-refractivity contribution in [1.29, 1.82) is 0 Å². The molecule has 0 saturated carbocycles. The molecule has 11 heteroatoms. The van der Waals surface area contributed by atoms with Gasteiger partial charge >= 0.3 is 0 Å². The summed E-state index contributed by atoms with van der Waals surface area (Å²) in [5.74, 6) is 0.382. The molecule has 0 unspecified atom stereocenters. The van der Waals surface area contributed by atoms with Gasteiger partial charge < -0.3 is 45.0 Å². The Hall–Kier alpha value is -1.34. The summed E-state index contributed by atoms with van der Waals surface area (Å²) in [4.78, 5) is 31.7. The maximum absolute atomic E-state index is 10.7. The third kappa shape index (κ3) is 18.0. The number of hydrogen-bond donors (Lipinski definition) is 2. The highest BCUT2D eigenvalue weighted by Crippen LogP contribution is 2.07.